The Balaban J connectivity index is 2.34. The van der Waals surface area contributed by atoms with Crippen LogP contribution in [0.4, 0.5) is 0 Å². The first-order valence-corrected chi connectivity index (χ1v) is 6.67. The van der Waals surface area contributed by atoms with Gasteiger partial charge in [0.15, 0.2) is 0 Å². The topological polar surface area (TPSA) is 64.3 Å². The van der Waals surface area contributed by atoms with E-state index in [1.54, 1.807) is 0 Å². The van der Waals surface area contributed by atoms with Crippen LogP contribution in [0.2, 0.25) is 0 Å². The smallest absolute Gasteiger partial charge is 0.224 e. The Morgan fingerprint density at radius 2 is 2.00 bits per heavy atom. The first kappa shape index (κ1) is 15.6. The molecule has 0 unspecified atom stereocenters. The molecule has 0 aliphatic rings. The van der Waals surface area contributed by atoms with Crippen LogP contribution in [0.1, 0.15) is 25.0 Å². The third-order valence-corrected chi connectivity index (χ3v) is 2.71. The predicted molar refractivity (Wildman–Crippen MR) is 80.1 cm³/mol. The van der Waals surface area contributed by atoms with E-state index in [4.69, 9.17) is 22.7 Å². The van der Waals surface area contributed by atoms with Crippen molar-refractivity contribution in [2.24, 2.45) is 5.73 Å². The standard InChI is InChI=1S/C14H20N2O2S/c1-10(2)18-8-7-16-13(17)9-11-3-5-12(6-4-11)14(15)19/h3-6,10H,7-9H2,1-2H3,(H2,15,19)(H,16,17). The van der Waals surface area contributed by atoms with E-state index in [1.165, 1.54) is 0 Å². The number of nitrogens with one attached hydrogen (secondary N) is 1. The Morgan fingerprint density at radius 3 is 2.53 bits per heavy atom. The SMILES string of the molecule is CC(C)OCCNC(=O)Cc1ccc(C(N)=S)cc1. The summed E-state index contributed by atoms with van der Waals surface area (Å²) in [6.45, 7) is 4.99. The monoisotopic (exact) mass is 280 g/mol. The maximum Gasteiger partial charge on any atom is 0.224 e. The van der Waals surface area contributed by atoms with Gasteiger partial charge in [-0.05, 0) is 19.4 Å². The Labute approximate surface area is 119 Å². The van der Waals surface area contributed by atoms with Gasteiger partial charge in [0.2, 0.25) is 5.91 Å². The van der Waals surface area contributed by atoms with Crippen LogP contribution in [-0.4, -0.2) is 30.2 Å². The number of amides is 1. The zero-order chi connectivity index (χ0) is 14.3. The lowest BCUT2D eigenvalue weighted by molar-refractivity contribution is -0.120. The number of hydrogen-bond donors (Lipinski definition) is 2. The number of benzene rings is 1. The van der Waals surface area contributed by atoms with Gasteiger partial charge in [0.05, 0.1) is 19.1 Å². The summed E-state index contributed by atoms with van der Waals surface area (Å²) in [6.07, 6.45) is 0.531. The second-order valence-corrected chi connectivity index (χ2v) is 4.95. The maximum atomic E-state index is 11.7. The van der Waals surface area contributed by atoms with Crippen LogP contribution in [0.15, 0.2) is 24.3 Å². The van der Waals surface area contributed by atoms with E-state index in [-0.39, 0.29) is 12.0 Å². The minimum absolute atomic E-state index is 0.0181. The minimum atomic E-state index is -0.0181. The van der Waals surface area contributed by atoms with Crippen molar-refractivity contribution in [3.05, 3.63) is 35.4 Å². The molecule has 1 aromatic rings. The molecule has 0 atom stereocenters. The van der Waals surface area contributed by atoms with E-state index in [0.29, 0.717) is 24.6 Å². The Hall–Kier alpha value is -1.46. The first-order chi connectivity index (χ1) is 8.99. The van der Waals surface area contributed by atoms with Crippen LogP contribution < -0.4 is 11.1 Å². The van der Waals surface area contributed by atoms with Crippen molar-refractivity contribution in [2.75, 3.05) is 13.2 Å². The average molecular weight is 280 g/mol. The van der Waals surface area contributed by atoms with Gasteiger partial charge < -0.3 is 15.8 Å². The lowest BCUT2D eigenvalue weighted by Crippen LogP contribution is -2.29. The highest BCUT2D eigenvalue weighted by molar-refractivity contribution is 7.80. The molecule has 0 aromatic heterocycles. The van der Waals surface area contributed by atoms with Gasteiger partial charge in [-0.3, -0.25) is 4.79 Å². The van der Waals surface area contributed by atoms with E-state index in [2.05, 4.69) is 5.32 Å². The van der Waals surface area contributed by atoms with Gasteiger partial charge in [-0.2, -0.15) is 0 Å². The number of thiocarbonyl (C=S) groups is 1. The number of carbonyl (C=O) groups excluding carboxylic acids is 1. The molecule has 1 amide bonds. The Kier molecular flexibility index (Phi) is 6.45. The molecule has 0 saturated carbocycles. The first-order valence-electron chi connectivity index (χ1n) is 6.26. The molecule has 0 aliphatic heterocycles. The molecular weight excluding hydrogens is 260 g/mol. The van der Waals surface area contributed by atoms with Crippen molar-refractivity contribution in [1.29, 1.82) is 0 Å². The second kappa shape index (κ2) is 7.86. The van der Waals surface area contributed by atoms with Crippen LogP contribution in [0, 0.1) is 0 Å². The zero-order valence-electron chi connectivity index (χ0n) is 11.3. The molecule has 0 radical (unpaired) electrons. The van der Waals surface area contributed by atoms with Crippen molar-refractivity contribution in [3.63, 3.8) is 0 Å². The van der Waals surface area contributed by atoms with Gasteiger partial charge >= 0.3 is 0 Å². The fourth-order valence-electron chi connectivity index (χ4n) is 1.52. The van der Waals surface area contributed by atoms with Gasteiger partial charge in [0.25, 0.3) is 0 Å². The highest BCUT2D eigenvalue weighted by Gasteiger charge is 2.04. The summed E-state index contributed by atoms with van der Waals surface area (Å²) in [5.41, 5.74) is 7.25. The zero-order valence-corrected chi connectivity index (χ0v) is 12.1. The van der Waals surface area contributed by atoms with Crippen LogP contribution >= 0.6 is 12.2 Å². The molecule has 0 fully saturated rings. The molecule has 3 N–H and O–H groups in total. The van der Waals surface area contributed by atoms with Gasteiger partial charge in [-0.25, -0.2) is 0 Å². The van der Waals surface area contributed by atoms with E-state index in [9.17, 15) is 4.79 Å². The maximum absolute atomic E-state index is 11.7. The van der Waals surface area contributed by atoms with E-state index < -0.39 is 0 Å². The summed E-state index contributed by atoms with van der Waals surface area (Å²) in [4.78, 5) is 12.0. The van der Waals surface area contributed by atoms with E-state index >= 15 is 0 Å². The summed E-state index contributed by atoms with van der Waals surface area (Å²) in [5, 5.41) is 2.81. The molecule has 1 aromatic carbocycles. The third kappa shape index (κ3) is 6.31. The number of nitrogens with two attached hydrogens (primary N) is 1. The van der Waals surface area contributed by atoms with Crippen molar-refractivity contribution in [1.82, 2.24) is 5.32 Å². The second-order valence-electron chi connectivity index (χ2n) is 4.51. The Bertz CT molecular complexity index is 430. The third-order valence-electron chi connectivity index (χ3n) is 2.48. The fourth-order valence-corrected chi connectivity index (χ4v) is 1.66. The number of carbonyl (C=O) groups is 1. The number of rotatable bonds is 7. The summed E-state index contributed by atoms with van der Waals surface area (Å²) >= 11 is 4.87. The summed E-state index contributed by atoms with van der Waals surface area (Å²) in [5.74, 6) is -0.0181. The number of hydrogen-bond acceptors (Lipinski definition) is 3. The molecule has 0 saturated heterocycles. The van der Waals surface area contributed by atoms with Crippen molar-refractivity contribution >= 4 is 23.1 Å². The molecule has 0 bridgehead atoms. The molecule has 0 heterocycles. The average Bonchev–Trinajstić information content (AvgIpc) is 2.35. The van der Waals surface area contributed by atoms with Crippen LogP contribution in [0.5, 0.6) is 0 Å². The lowest BCUT2D eigenvalue weighted by Gasteiger charge is -2.09. The molecule has 4 nitrogen and oxygen atoms in total. The van der Waals surface area contributed by atoms with Gasteiger partial charge in [-0.15, -0.1) is 0 Å². The normalized spacial score (nSPS) is 10.5. The van der Waals surface area contributed by atoms with Gasteiger partial charge in [0, 0.05) is 12.1 Å². The molecule has 5 heteroatoms. The summed E-state index contributed by atoms with van der Waals surface area (Å²) in [6, 6.07) is 7.37. The van der Waals surface area contributed by atoms with Crippen molar-refractivity contribution in [3.8, 4) is 0 Å². The molecule has 19 heavy (non-hydrogen) atoms. The minimum Gasteiger partial charge on any atom is -0.389 e. The fraction of sp³-hybridized carbons (Fsp3) is 0.429. The van der Waals surface area contributed by atoms with Crippen molar-refractivity contribution in [2.45, 2.75) is 26.4 Å². The van der Waals surface area contributed by atoms with Gasteiger partial charge in [0.1, 0.15) is 4.99 Å². The number of ether oxygens (including phenoxy) is 1. The highest BCUT2D eigenvalue weighted by Crippen LogP contribution is 2.05. The predicted octanol–water partition coefficient (Wildman–Crippen LogP) is 1.40. The lowest BCUT2D eigenvalue weighted by atomic mass is 10.1. The Morgan fingerprint density at radius 1 is 1.37 bits per heavy atom. The largest absolute Gasteiger partial charge is 0.389 e. The quantitative estimate of drug-likeness (QED) is 0.585. The van der Waals surface area contributed by atoms with E-state index in [1.807, 2.05) is 38.1 Å². The van der Waals surface area contributed by atoms with Crippen LogP contribution in [0.3, 0.4) is 0 Å². The van der Waals surface area contributed by atoms with E-state index in [0.717, 1.165) is 11.1 Å². The summed E-state index contributed by atoms with van der Waals surface area (Å²) < 4.78 is 5.34. The van der Waals surface area contributed by atoms with Crippen molar-refractivity contribution < 1.29 is 9.53 Å². The molecule has 1 rings (SSSR count). The highest BCUT2D eigenvalue weighted by atomic mass is 32.1. The molecule has 0 spiro atoms. The molecule has 104 valence electrons. The van der Waals surface area contributed by atoms with Crippen LogP contribution in [-0.2, 0) is 16.0 Å². The summed E-state index contributed by atoms with van der Waals surface area (Å²) in [7, 11) is 0. The molecular formula is C14H20N2O2S. The van der Waals surface area contributed by atoms with Crippen LogP contribution in [0.25, 0.3) is 0 Å². The molecule has 0 aliphatic carbocycles. The van der Waals surface area contributed by atoms with Gasteiger partial charge in [-0.1, -0.05) is 36.5 Å².